The number of guanidine groups is 1. The van der Waals surface area contributed by atoms with Gasteiger partial charge in [0.15, 0.2) is 23.0 Å². The number of phenolic OH excluding ortho intramolecular Hbond substituents is 2. The summed E-state index contributed by atoms with van der Waals surface area (Å²) >= 11 is 0. The lowest BCUT2D eigenvalue weighted by molar-refractivity contribution is -0.742. The molecule has 0 aromatic heterocycles. The molecule has 2 aromatic carbocycles. The zero-order valence-electron chi connectivity index (χ0n) is 17.4. The van der Waals surface area contributed by atoms with E-state index in [0.717, 1.165) is 0 Å². The van der Waals surface area contributed by atoms with Crippen molar-refractivity contribution in [3.05, 3.63) is 57.6 Å². The van der Waals surface area contributed by atoms with Crippen LogP contribution in [-0.2, 0) is 0 Å². The largest absolute Gasteiger partial charge is 0.504 e. The molecule has 13 nitrogen and oxygen atoms in total. The fraction of sp³-hybridized carbons (Fsp3) is 0.211. The average Bonchev–Trinajstić information content (AvgIpc) is 2.72. The summed E-state index contributed by atoms with van der Waals surface area (Å²) in [6, 6.07) is 9.66. The maximum Gasteiger partial charge on any atom is 0.291 e. The Balaban J connectivity index is 0.00000118. The van der Waals surface area contributed by atoms with Crippen LogP contribution in [0.5, 0.6) is 23.0 Å². The Hall–Kier alpha value is -4.55. The minimum atomic E-state index is -1.50. The molecule has 0 atom stereocenters. The molecular weight excluding hydrogens is 424 g/mol. The molecule has 0 bridgehead atoms. The van der Waals surface area contributed by atoms with Crippen molar-refractivity contribution in [1.29, 1.82) is 0 Å². The first-order valence-corrected chi connectivity index (χ1v) is 9.17. The Morgan fingerprint density at radius 1 is 1.06 bits per heavy atom. The number of phenols is 2. The van der Waals surface area contributed by atoms with Crippen LogP contribution in [0.3, 0.4) is 0 Å². The minimum Gasteiger partial charge on any atom is -0.504 e. The highest BCUT2D eigenvalue weighted by Gasteiger charge is 2.03. The molecule has 6 N–H and O–H groups in total. The van der Waals surface area contributed by atoms with Crippen LogP contribution in [0.4, 0.5) is 0 Å². The van der Waals surface area contributed by atoms with Gasteiger partial charge in [0.25, 0.3) is 5.09 Å². The van der Waals surface area contributed by atoms with Crippen molar-refractivity contribution in [2.24, 2.45) is 21.0 Å². The number of ether oxygens (including phenoxy) is 2. The van der Waals surface area contributed by atoms with Crippen LogP contribution >= 0.6 is 0 Å². The summed E-state index contributed by atoms with van der Waals surface area (Å²) in [7, 11) is 0. The van der Waals surface area contributed by atoms with Gasteiger partial charge in [-0.25, -0.2) is 5.43 Å². The minimum absolute atomic E-state index is 0.0138. The number of hydrazone groups is 1. The standard InChI is InChI=1S/C19H23N5O4.HNO3/c1-3-27-17-9-13(5-7-15(17)25)11-21-23-19(20)24-22-12-14-6-8-16(26)18(10-14)28-4-2;2-1(3)4/h5-12,25-26H,3-4H2,1-2H3,(H3,20,23,24);(H,2,3,4)/b21-11+,22-12+;. The van der Waals surface area contributed by atoms with Gasteiger partial charge in [-0.1, -0.05) is 0 Å². The molecule has 0 heterocycles. The summed E-state index contributed by atoms with van der Waals surface area (Å²) < 4.78 is 10.6. The predicted octanol–water partition coefficient (Wildman–Crippen LogP) is 1.82. The molecule has 0 fully saturated rings. The monoisotopic (exact) mass is 448 g/mol. The van der Waals surface area contributed by atoms with Crippen molar-refractivity contribution in [1.82, 2.24) is 5.43 Å². The molecule has 0 aliphatic rings. The van der Waals surface area contributed by atoms with Crippen LogP contribution in [0.25, 0.3) is 0 Å². The summed E-state index contributed by atoms with van der Waals surface area (Å²) in [5.74, 6) is 0.841. The third-order valence-corrected chi connectivity index (χ3v) is 3.33. The lowest BCUT2D eigenvalue weighted by Crippen LogP contribution is -2.26. The van der Waals surface area contributed by atoms with E-state index < -0.39 is 5.09 Å². The van der Waals surface area contributed by atoms with Crippen LogP contribution < -0.4 is 20.6 Å². The van der Waals surface area contributed by atoms with Gasteiger partial charge in [-0.05, 0) is 61.4 Å². The second-order valence-corrected chi connectivity index (χ2v) is 5.66. The second kappa shape index (κ2) is 13.6. The van der Waals surface area contributed by atoms with E-state index in [1.165, 1.54) is 24.6 Å². The van der Waals surface area contributed by atoms with Crippen molar-refractivity contribution in [2.75, 3.05) is 13.2 Å². The molecular formula is C19H24N6O7. The SMILES string of the molecule is CCOc1cc(/C=N/N=C(\N)N/N=C/c2ccc(O)c(OCC)c2)ccc1O.O=[N+]([O-])O. The van der Waals surface area contributed by atoms with E-state index in [2.05, 4.69) is 20.7 Å². The van der Waals surface area contributed by atoms with Gasteiger partial charge in [-0.2, -0.15) is 10.2 Å². The zero-order valence-corrected chi connectivity index (χ0v) is 17.4. The molecule has 172 valence electrons. The van der Waals surface area contributed by atoms with Crippen LogP contribution in [0.15, 0.2) is 51.7 Å². The van der Waals surface area contributed by atoms with E-state index in [9.17, 15) is 10.2 Å². The topological polar surface area (TPSA) is 197 Å². The summed E-state index contributed by atoms with van der Waals surface area (Å²) in [5.41, 5.74) is 9.62. The second-order valence-electron chi connectivity index (χ2n) is 5.66. The highest BCUT2D eigenvalue weighted by atomic mass is 16.9. The van der Waals surface area contributed by atoms with Crippen molar-refractivity contribution in [3.8, 4) is 23.0 Å². The average molecular weight is 448 g/mol. The number of rotatable bonds is 8. The number of nitrogens with two attached hydrogens (primary N) is 1. The Bertz CT molecular complexity index is 975. The summed E-state index contributed by atoms with van der Waals surface area (Å²) in [6.45, 7) is 4.54. The number of hydrogen-bond donors (Lipinski definition) is 5. The zero-order chi connectivity index (χ0) is 23.9. The number of hydrogen-bond acceptors (Lipinski definition) is 9. The number of nitrogens with one attached hydrogen (secondary N) is 1. The molecule has 32 heavy (non-hydrogen) atoms. The Morgan fingerprint density at radius 3 is 2.00 bits per heavy atom. The highest BCUT2D eigenvalue weighted by molar-refractivity contribution is 5.85. The smallest absolute Gasteiger partial charge is 0.291 e. The van der Waals surface area contributed by atoms with E-state index in [1.54, 1.807) is 24.3 Å². The van der Waals surface area contributed by atoms with Gasteiger partial charge in [-0.3, -0.25) is 0 Å². The first kappa shape index (κ1) is 25.5. The van der Waals surface area contributed by atoms with Crippen molar-refractivity contribution in [3.63, 3.8) is 0 Å². The third-order valence-electron chi connectivity index (χ3n) is 3.33. The molecule has 0 amide bonds. The maximum atomic E-state index is 9.67. The molecule has 0 aliphatic heterocycles. The Kier molecular flexibility index (Phi) is 10.9. The predicted molar refractivity (Wildman–Crippen MR) is 117 cm³/mol. The van der Waals surface area contributed by atoms with Crippen molar-refractivity contribution >= 4 is 18.4 Å². The molecule has 0 aliphatic carbocycles. The molecule has 13 heteroatoms. The molecule has 0 spiro atoms. The normalized spacial score (nSPS) is 11.1. The van der Waals surface area contributed by atoms with E-state index in [0.29, 0.717) is 35.8 Å². The van der Waals surface area contributed by atoms with Crippen LogP contribution in [0.2, 0.25) is 0 Å². The third kappa shape index (κ3) is 9.78. The summed E-state index contributed by atoms with van der Waals surface area (Å²) in [6.07, 6.45) is 2.97. The van der Waals surface area contributed by atoms with Crippen LogP contribution in [0, 0.1) is 10.1 Å². The molecule has 0 saturated carbocycles. The van der Waals surface area contributed by atoms with Gasteiger partial charge in [0.2, 0.25) is 5.96 Å². The fourth-order valence-electron chi connectivity index (χ4n) is 2.12. The van der Waals surface area contributed by atoms with Gasteiger partial charge in [-0.15, -0.1) is 15.2 Å². The highest BCUT2D eigenvalue weighted by Crippen LogP contribution is 2.26. The van der Waals surface area contributed by atoms with Gasteiger partial charge in [0.05, 0.1) is 25.6 Å². The lowest BCUT2D eigenvalue weighted by atomic mass is 10.2. The summed E-state index contributed by atoms with van der Waals surface area (Å²) in [4.78, 5) is 8.36. The molecule has 0 saturated heterocycles. The van der Waals surface area contributed by atoms with Crippen LogP contribution in [-0.4, -0.2) is 52.1 Å². The van der Waals surface area contributed by atoms with E-state index in [1.807, 2.05) is 13.8 Å². The Labute approximate surface area is 183 Å². The number of nitrogens with zero attached hydrogens (tertiary/aromatic N) is 4. The fourth-order valence-corrected chi connectivity index (χ4v) is 2.12. The van der Waals surface area contributed by atoms with Crippen LogP contribution in [0.1, 0.15) is 25.0 Å². The van der Waals surface area contributed by atoms with E-state index in [4.69, 9.17) is 30.5 Å². The lowest BCUT2D eigenvalue weighted by Gasteiger charge is -2.06. The maximum absolute atomic E-state index is 9.67. The first-order chi connectivity index (χ1) is 15.3. The van der Waals surface area contributed by atoms with Gasteiger partial charge >= 0.3 is 0 Å². The number of aromatic hydroxyl groups is 2. The molecule has 2 aromatic rings. The van der Waals surface area contributed by atoms with Gasteiger partial charge in [0.1, 0.15) is 0 Å². The molecule has 2 rings (SSSR count). The molecule has 0 unspecified atom stereocenters. The summed E-state index contributed by atoms with van der Waals surface area (Å²) in [5, 5.41) is 44.6. The van der Waals surface area contributed by atoms with Gasteiger partial charge < -0.3 is 30.6 Å². The quantitative estimate of drug-likeness (QED) is 0.173. The van der Waals surface area contributed by atoms with Gasteiger partial charge in [0, 0.05) is 0 Å². The van der Waals surface area contributed by atoms with Crippen molar-refractivity contribution in [2.45, 2.75) is 13.8 Å². The van der Waals surface area contributed by atoms with Crippen molar-refractivity contribution < 1.29 is 30.0 Å². The molecule has 0 radical (unpaired) electrons. The van der Waals surface area contributed by atoms with E-state index >= 15 is 0 Å². The first-order valence-electron chi connectivity index (χ1n) is 9.17. The van der Waals surface area contributed by atoms with E-state index in [-0.39, 0.29) is 17.5 Å². The number of benzene rings is 2. The Morgan fingerprint density at radius 2 is 1.53 bits per heavy atom.